The Balaban J connectivity index is 1.78. The molecule has 2 aromatic rings. The maximum atomic E-state index is 12.2. The van der Waals surface area contributed by atoms with Gasteiger partial charge in [-0.2, -0.15) is 0 Å². The summed E-state index contributed by atoms with van der Waals surface area (Å²) < 4.78 is 10.6. The van der Waals surface area contributed by atoms with Crippen molar-refractivity contribution in [1.82, 2.24) is 10.6 Å². The number of hydrogen-bond donors (Lipinski definition) is 3. The lowest BCUT2D eigenvalue weighted by molar-refractivity contribution is -0.115. The molecule has 0 aliphatic carbocycles. The molecule has 0 heterocycles. The number of anilines is 1. The number of rotatable bonds is 9. The molecule has 156 valence electrons. The van der Waals surface area contributed by atoms with Crippen LogP contribution in [0.2, 0.25) is 0 Å². The van der Waals surface area contributed by atoms with Crippen LogP contribution in [0, 0.1) is 0 Å². The zero-order chi connectivity index (χ0) is 21.1. The van der Waals surface area contributed by atoms with Crippen LogP contribution in [0.5, 0.6) is 11.5 Å². The van der Waals surface area contributed by atoms with E-state index in [4.69, 9.17) is 9.47 Å². The summed E-state index contributed by atoms with van der Waals surface area (Å²) in [5.74, 6) is 1.86. The average molecular weight is 399 g/mol. The first-order chi connectivity index (χ1) is 14.1. The number of methoxy groups -OCH3 is 2. The van der Waals surface area contributed by atoms with Crippen LogP contribution in [0.15, 0.2) is 47.5 Å². The van der Waals surface area contributed by atoms with Gasteiger partial charge in [-0.1, -0.05) is 25.1 Å². The first-order valence-corrected chi connectivity index (χ1v) is 9.63. The lowest BCUT2D eigenvalue weighted by Crippen LogP contribution is -2.42. The van der Waals surface area contributed by atoms with Gasteiger partial charge in [-0.15, -0.1) is 0 Å². The number of hydrogen-bond acceptors (Lipinski definition) is 4. The van der Waals surface area contributed by atoms with E-state index in [9.17, 15) is 4.79 Å². The maximum Gasteiger partial charge on any atom is 0.243 e. The quantitative estimate of drug-likeness (QED) is 0.447. The second-order valence-electron chi connectivity index (χ2n) is 6.39. The van der Waals surface area contributed by atoms with Gasteiger partial charge in [0.1, 0.15) is 0 Å². The number of guanidine groups is 1. The molecule has 0 radical (unpaired) electrons. The van der Waals surface area contributed by atoms with Crippen molar-refractivity contribution < 1.29 is 14.3 Å². The Labute approximate surface area is 172 Å². The topological polar surface area (TPSA) is 84.0 Å². The van der Waals surface area contributed by atoms with Crippen LogP contribution < -0.4 is 25.4 Å². The number of benzene rings is 2. The lowest BCUT2D eigenvalue weighted by Gasteiger charge is -2.13. The Hall–Kier alpha value is -3.22. The summed E-state index contributed by atoms with van der Waals surface area (Å²) in [6.07, 6.45) is 1.70. The molecular weight excluding hydrogens is 368 g/mol. The normalized spacial score (nSPS) is 11.0. The standard InChI is InChI=1S/C22H30N4O3/c1-5-16-7-6-8-18(13-16)26-21(27)15-25-22(23-2)24-12-11-17-9-10-19(28-3)20(14-17)29-4/h6-10,13-14H,5,11-12,15H2,1-4H3,(H,26,27)(H2,23,24,25). The van der Waals surface area contributed by atoms with Crippen molar-refractivity contribution in [2.24, 2.45) is 4.99 Å². The summed E-state index contributed by atoms with van der Waals surface area (Å²) in [5, 5.41) is 9.13. The van der Waals surface area contributed by atoms with E-state index in [0.29, 0.717) is 24.0 Å². The summed E-state index contributed by atoms with van der Waals surface area (Å²) in [6.45, 7) is 2.88. The van der Waals surface area contributed by atoms with Crippen molar-refractivity contribution in [1.29, 1.82) is 0 Å². The van der Waals surface area contributed by atoms with Gasteiger partial charge in [-0.25, -0.2) is 0 Å². The number of amides is 1. The van der Waals surface area contributed by atoms with E-state index in [0.717, 1.165) is 24.1 Å². The van der Waals surface area contributed by atoms with E-state index in [2.05, 4.69) is 27.9 Å². The molecule has 0 unspecified atom stereocenters. The van der Waals surface area contributed by atoms with E-state index in [1.807, 2.05) is 42.5 Å². The van der Waals surface area contributed by atoms with Gasteiger partial charge in [0.15, 0.2) is 17.5 Å². The summed E-state index contributed by atoms with van der Waals surface area (Å²) in [6, 6.07) is 13.7. The van der Waals surface area contributed by atoms with E-state index >= 15 is 0 Å². The molecule has 2 rings (SSSR count). The molecular formula is C22H30N4O3. The van der Waals surface area contributed by atoms with Gasteiger partial charge in [0, 0.05) is 19.3 Å². The number of aryl methyl sites for hydroxylation is 1. The summed E-state index contributed by atoms with van der Waals surface area (Å²) in [7, 11) is 4.91. The molecule has 0 saturated carbocycles. The summed E-state index contributed by atoms with van der Waals surface area (Å²) >= 11 is 0. The number of nitrogens with zero attached hydrogens (tertiary/aromatic N) is 1. The highest BCUT2D eigenvalue weighted by atomic mass is 16.5. The number of aliphatic imine (C=N–C) groups is 1. The van der Waals surface area contributed by atoms with E-state index in [1.165, 1.54) is 5.56 Å². The van der Waals surface area contributed by atoms with E-state index in [-0.39, 0.29) is 12.5 Å². The largest absolute Gasteiger partial charge is 0.493 e. The minimum Gasteiger partial charge on any atom is -0.493 e. The van der Waals surface area contributed by atoms with Crippen LogP contribution in [0.1, 0.15) is 18.1 Å². The summed E-state index contributed by atoms with van der Waals surface area (Å²) in [4.78, 5) is 16.3. The molecule has 3 N–H and O–H groups in total. The molecule has 0 saturated heterocycles. The third-order valence-electron chi connectivity index (χ3n) is 4.41. The monoisotopic (exact) mass is 398 g/mol. The Kier molecular flexibility index (Phi) is 8.82. The highest BCUT2D eigenvalue weighted by Crippen LogP contribution is 2.27. The average Bonchev–Trinajstić information content (AvgIpc) is 2.75. The predicted octanol–water partition coefficient (Wildman–Crippen LogP) is 2.61. The smallest absolute Gasteiger partial charge is 0.243 e. The van der Waals surface area contributed by atoms with E-state index < -0.39 is 0 Å². The molecule has 7 heteroatoms. The third kappa shape index (κ3) is 7.03. The molecule has 1 amide bonds. The molecule has 0 spiro atoms. The molecule has 0 aliphatic rings. The van der Waals surface area contributed by atoms with Crippen LogP contribution in [0.3, 0.4) is 0 Å². The number of carbonyl (C=O) groups is 1. The van der Waals surface area contributed by atoms with Gasteiger partial charge < -0.3 is 25.4 Å². The van der Waals surface area contributed by atoms with Gasteiger partial charge in [-0.3, -0.25) is 9.79 Å². The van der Waals surface area contributed by atoms with Crippen LogP contribution >= 0.6 is 0 Å². The summed E-state index contributed by atoms with van der Waals surface area (Å²) in [5.41, 5.74) is 3.09. The highest BCUT2D eigenvalue weighted by Gasteiger charge is 2.07. The molecule has 2 aromatic carbocycles. The highest BCUT2D eigenvalue weighted by molar-refractivity contribution is 5.95. The minimum atomic E-state index is -0.124. The second kappa shape index (κ2) is 11.6. The lowest BCUT2D eigenvalue weighted by atomic mass is 10.1. The minimum absolute atomic E-state index is 0.124. The van der Waals surface area contributed by atoms with Crippen molar-refractivity contribution in [3.63, 3.8) is 0 Å². The fourth-order valence-electron chi connectivity index (χ4n) is 2.82. The van der Waals surface area contributed by atoms with Crippen LogP contribution in [0.25, 0.3) is 0 Å². The molecule has 0 bridgehead atoms. The van der Waals surface area contributed by atoms with Gasteiger partial charge in [0.05, 0.1) is 20.8 Å². The van der Waals surface area contributed by atoms with Crippen molar-refractivity contribution in [3.05, 3.63) is 53.6 Å². The van der Waals surface area contributed by atoms with Crippen molar-refractivity contribution >= 4 is 17.6 Å². The van der Waals surface area contributed by atoms with Gasteiger partial charge in [0.2, 0.25) is 5.91 Å². The number of nitrogens with one attached hydrogen (secondary N) is 3. The molecule has 0 atom stereocenters. The Morgan fingerprint density at radius 3 is 2.48 bits per heavy atom. The zero-order valence-electron chi connectivity index (χ0n) is 17.5. The molecule has 29 heavy (non-hydrogen) atoms. The van der Waals surface area contributed by atoms with Gasteiger partial charge in [0.25, 0.3) is 0 Å². The van der Waals surface area contributed by atoms with Crippen LogP contribution in [-0.2, 0) is 17.6 Å². The third-order valence-corrected chi connectivity index (χ3v) is 4.41. The first kappa shape index (κ1) is 22.1. The molecule has 0 aliphatic heterocycles. The zero-order valence-corrected chi connectivity index (χ0v) is 17.5. The van der Waals surface area contributed by atoms with Crippen LogP contribution in [0.4, 0.5) is 5.69 Å². The predicted molar refractivity (Wildman–Crippen MR) is 117 cm³/mol. The van der Waals surface area contributed by atoms with Crippen LogP contribution in [-0.4, -0.2) is 46.2 Å². The number of carbonyl (C=O) groups excluding carboxylic acids is 1. The second-order valence-corrected chi connectivity index (χ2v) is 6.39. The fourth-order valence-corrected chi connectivity index (χ4v) is 2.82. The maximum absolute atomic E-state index is 12.2. The van der Waals surface area contributed by atoms with Gasteiger partial charge in [-0.05, 0) is 48.2 Å². The Morgan fingerprint density at radius 1 is 1.00 bits per heavy atom. The van der Waals surface area contributed by atoms with E-state index in [1.54, 1.807) is 21.3 Å². The van der Waals surface area contributed by atoms with Crippen molar-refractivity contribution in [3.8, 4) is 11.5 Å². The Bertz CT molecular complexity index is 837. The van der Waals surface area contributed by atoms with Crippen molar-refractivity contribution in [2.75, 3.05) is 39.7 Å². The fraction of sp³-hybridized carbons (Fsp3) is 0.364. The first-order valence-electron chi connectivity index (χ1n) is 9.63. The SMILES string of the molecule is CCc1cccc(NC(=O)CNC(=NC)NCCc2ccc(OC)c(OC)c2)c1. The molecule has 7 nitrogen and oxygen atoms in total. The number of ether oxygens (including phenoxy) is 2. The van der Waals surface area contributed by atoms with Gasteiger partial charge >= 0.3 is 0 Å². The molecule has 0 fully saturated rings. The molecule has 0 aromatic heterocycles. The Morgan fingerprint density at radius 2 is 1.79 bits per heavy atom. The van der Waals surface area contributed by atoms with Crippen molar-refractivity contribution in [2.45, 2.75) is 19.8 Å².